The summed E-state index contributed by atoms with van der Waals surface area (Å²) >= 11 is 0. The summed E-state index contributed by atoms with van der Waals surface area (Å²) in [6.45, 7) is 1.53. The van der Waals surface area contributed by atoms with Gasteiger partial charge in [0.25, 0.3) is 0 Å². The smallest absolute Gasteiger partial charge is 0.311 e. The second-order valence-electron chi connectivity index (χ2n) is 4.88. The Hall–Kier alpha value is -2.42. The Morgan fingerprint density at radius 1 is 1.52 bits per heavy atom. The van der Waals surface area contributed by atoms with Crippen LogP contribution < -0.4 is 16.2 Å². The van der Waals surface area contributed by atoms with Crippen molar-refractivity contribution in [1.82, 2.24) is 9.88 Å². The van der Waals surface area contributed by atoms with Crippen LogP contribution >= 0.6 is 0 Å². The van der Waals surface area contributed by atoms with Crippen molar-refractivity contribution < 1.29 is 9.72 Å². The number of amides is 1. The summed E-state index contributed by atoms with van der Waals surface area (Å²) in [6, 6.07) is 2.73. The summed E-state index contributed by atoms with van der Waals surface area (Å²) in [5, 5.41) is 11.1. The molecule has 0 radical (unpaired) electrons. The first-order valence-corrected chi connectivity index (χ1v) is 6.64. The fourth-order valence-corrected chi connectivity index (χ4v) is 2.29. The Balaban J connectivity index is 2.18. The standard InChI is InChI=1S/C12H18N6O3/c1-16(8-11(19)17-6-2-3-7-17)12-9(18(20)21)4-5-10(14-12)15-13/h4-5H,2-3,6-8,13H2,1H3,(H,14,15). The number of likely N-dealkylation sites (N-methyl/N-ethyl adjacent to an activating group) is 1. The van der Waals surface area contributed by atoms with Crippen molar-refractivity contribution in [3.8, 4) is 0 Å². The number of anilines is 2. The maximum Gasteiger partial charge on any atom is 0.311 e. The molecule has 1 aromatic heterocycles. The van der Waals surface area contributed by atoms with Gasteiger partial charge in [0, 0.05) is 26.2 Å². The molecule has 0 aliphatic carbocycles. The molecule has 1 aromatic rings. The molecule has 0 saturated carbocycles. The maximum absolute atomic E-state index is 12.1. The molecule has 2 rings (SSSR count). The molecule has 1 amide bonds. The number of hydrogen-bond donors (Lipinski definition) is 2. The molecule has 1 saturated heterocycles. The molecule has 0 bridgehead atoms. The van der Waals surface area contributed by atoms with Crippen LogP contribution in [0.5, 0.6) is 0 Å². The molecule has 21 heavy (non-hydrogen) atoms. The average molecular weight is 294 g/mol. The van der Waals surface area contributed by atoms with Gasteiger partial charge in [-0.2, -0.15) is 0 Å². The molecule has 114 valence electrons. The lowest BCUT2D eigenvalue weighted by Crippen LogP contribution is -2.37. The van der Waals surface area contributed by atoms with Crippen molar-refractivity contribution in [2.75, 3.05) is 37.0 Å². The number of nitro groups is 1. The highest BCUT2D eigenvalue weighted by atomic mass is 16.6. The van der Waals surface area contributed by atoms with E-state index in [1.54, 1.807) is 11.9 Å². The molecule has 0 unspecified atom stereocenters. The molecule has 1 aliphatic rings. The van der Waals surface area contributed by atoms with Gasteiger partial charge in [-0.15, -0.1) is 0 Å². The minimum atomic E-state index is -0.528. The predicted octanol–water partition coefficient (Wildman–Crippen LogP) is 0.334. The zero-order valence-electron chi connectivity index (χ0n) is 11.8. The van der Waals surface area contributed by atoms with Gasteiger partial charge in [-0.1, -0.05) is 0 Å². The van der Waals surface area contributed by atoms with E-state index in [9.17, 15) is 14.9 Å². The Morgan fingerprint density at radius 2 is 2.19 bits per heavy atom. The molecular formula is C12H18N6O3. The number of hydrazine groups is 1. The number of pyridine rings is 1. The lowest BCUT2D eigenvalue weighted by Gasteiger charge is -2.22. The number of nitrogen functional groups attached to an aromatic ring is 1. The molecule has 0 atom stereocenters. The van der Waals surface area contributed by atoms with Crippen LogP contribution in [0.4, 0.5) is 17.3 Å². The molecule has 9 nitrogen and oxygen atoms in total. The van der Waals surface area contributed by atoms with Crippen LogP contribution in [0.2, 0.25) is 0 Å². The monoisotopic (exact) mass is 294 g/mol. The van der Waals surface area contributed by atoms with Crippen LogP contribution in [-0.2, 0) is 4.79 Å². The van der Waals surface area contributed by atoms with Crippen LogP contribution in [-0.4, -0.2) is 47.4 Å². The number of rotatable bonds is 5. The van der Waals surface area contributed by atoms with E-state index in [2.05, 4.69) is 10.4 Å². The minimum Gasteiger partial charge on any atom is -0.345 e. The molecule has 1 aliphatic heterocycles. The molecule has 9 heteroatoms. The summed E-state index contributed by atoms with van der Waals surface area (Å²) in [5.41, 5.74) is 2.18. The maximum atomic E-state index is 12.1. The molecule has 1 fully saturated rings. The normalized spacial score (nSPS) is 14.1. The first-order valence-electron chi connectivity index (χ1n) is 6.64. The minimum absolute atomic E-state index is 0.0435. The van der Waals surface area contributed by atoms with E-state index < -0.39 is 4.92 Å². The quantitative estimate of drug-likeness (QED) is 0.456. The van der Waals surface area contributed by atoms with E-state index in [-0.39, 0.29) is 24.0 Å². The summed E-state index contributed by atoms with van der Waals surface area (Å²) in [5.74, 6) is 5.63. The van der Waals surface area contributed by atoms with Crippen molar-refractivity contribution in [1.29, 1.82) is 0 Å². The average Bonchev–Trinajstić information content (AvgIpc) is 3.00. The number of carbonyl (C=O) groups excluding carboxylic acids is 1. The molecule has 2 heterocycles. The highest BCUT2D eigenvalue weighted by molar-refractivity contribution is 5.82. The van der Waals surface area contributed by atoms with Crippen molar-refractivity contribution in [3.05, 3.63) is 22.2 Å². The van der Waals surface area contributed by atoms with Gasteiger partial charge in [-0.25, -0.2) is 10.8 Å². The summed E-state index contributed by atoms with van der Waals surface area (Å²) in [7, 11) is 1.60. The van der Waals surface area contributed by atoms with Gasteiger partial charge < -0.3 is 15.2 Å². The second-order valence-corrected chi connectivity index (χ2v) is 4.88. The lowest BCUT2D eigenvalue weighted by atomic mass is 10.3. The Morgan fingerprint density at radius 3 is 2.76 bits per heavy atom. The largest absolute Gasteiger partial charge is 0.345 e. The van der Waals surface area contributed by atoms with Crippen LogP contribution in [0, 0.1) is 10.1 Å². The van der Waals surface area contributed by atoms with Crippen molar-refractivity contribution in [2.45, 2.75) is 12.8 Å². The van der Waals surface area contributed by atoms with Gasteiger partial charge in [-0.05, 0) is 18.9 Å². The fourth-order valence-electron chi connectivity index (χ4n) is 2.29. The van der Waals surface area contributed by atoms with Crippen molar-refractivity contribution >= 4 is 23.2 Å². The fraction of sp³-hybridized carbons (Fsp3) is 0.500. The van der Waals surface area contributed by atoms with Crippen molar-refractivity contribution in [3.63, 3.8) is 0 Å². The van der Waals surface area contributed by atoms with Gasteiger partial charge in [0.05, 0.1) is 11.5 Å². The highest BCUT2D eigenvalue weighted by Crippen LogP contribution is 2.26. The third kappa shape index (κ3) is 3.37. The number of nitrogens with one attached hydrogen (secondary N) is 1. The Bertz CT molecular complexity index is 544. The number of carbonyl (C=O) groups is 1. The first-order chi connectivity index (χ1) is 10.0. The summed E-state index contributed by atoms with van der Waals surface area (Å²) < 4.78 is 0. The number of likely N-dealkylation sites (tertiary alicyclic amines) is 1. The zero-order valence-corrected chi connectivity index (χ0v) is 11.8. The molecule has 0 spiro atoms. The molecule has 0 aromatic carbocycles. The van der Waals surface area contributed by atoms with Crippen LogP contribution in [0.25, 0.3) is 0 Å². The van der Waals surface area contributed by atoms with E-state index >= 15 is 0 Å². The van der Waals surface area contributed by atoms with Gasteiger partial charge in [0.2, 0.25) is 11.7 Å². The summed E-state index contributed by atoms with van der Waals surface area (Å²) in [6.07, 6.45) is 2.00. The lowest BCUT2D eigenvalue weighted by molar-refractivity contribution is -0.384. The van der Waals surface area contributed by atoms with E-state index in [0.29, 0.717) is 5.82 Å². The van der Waals surface area contributed by atoms with Crippen LogP contribution in [0.3, 0.4) is 0 Å². The third-order valence-corrected chi connectivity index (χ3v) is 3.39. The predicted molar refractivity (Wildman–Crippen MR) is 77.8 cm³/mol. The van der Waals surface area contributed by atoms with Gasteiger partial charge in [0.1, 0.15) is 5.82 Å². The van der Waals surface area contributed by atoms with Crippen LogP contribution in [0.1, 0.15) is 12.8 Å². The zero-order chi connectivity index (χ0) is 15.4. The molecular weight excluding hydrogens is 276 g/mol. The third-order valence-electron chi connectivity index (χ3n) is 3.39. The SMILES string of the molecule is CN(CC(=O)N1CCCC1)c1nc(NN)ccc1[N+](=O)[O-]. The van der Waals surface area contributed by atoms with Gasteiger partial charge in [0.15, 0.2) is 0 Å². The van der Waals surface area contributed by atoms with E-state index in [1.165, 1.54) is 17.0 Å². The van der Waals surface area contributed by atoms with E-state index in [4.69, 9.17) is 5.84 Å². The number of nitrogens with two attached hydrogens (primary N) is 1. The number of aromatic nitrogens is 1. The van der Waals surface area contributed by atoms with Crippen LogP contribution in [0.15, 0.2) is 12.1 Å². The van der Waals surface area contributed by atoms with Gasteiger partial charge in [-0.3, -0.25) is 14.9 Å². The Kier molecular flexibility index (Phi) is 4.53. The van der Waals surface area contributed by atoms with E-state index in [0.717, 1.165) is 25.9 Å². The summed E-state index contributed by atoms with van der Waals surface area (Å²) in [4.78, 5) is 29.9. The van der Waals surface area contributed by atoms with E-state index in [1.807, 2.05) is 0 Å². The Labute approximate surface area is 121 Å². The second kappa shape index (κ2) is 6.35. The first kappa shape index (κ1) is 15.0. The van der Waals surface area contributed by atoms with Crippen molar-refractivity contribution in [2.24, 2.45) is 5.84 Å². The topological polar surface area (TPSA) is 118 Å². The number of nitrogens with zero attached hydrogens (tertiary/aromatic N) is 4. The van der Waals surface area contributed by atoms with Gasteiger partial charge >= 0.3 is 5.69 Å². The highest BCUT2D eigenvalue weighted by Gasteiger charge is 2.24. The molecule has 3 N–H and O–H groups in total. The number of hydrogen-bond acceptors (Lipinski definition) is 7.